The van der Waals surface area contributed by atoms with E-state index >= 15 is 0 Å². The molecule has 2 aliphatic rings. The number of aromatic hydroxyl groups is 4. The van der Waals surface area contributed by atoms with Crippen LogP contribution in [0.2, 0.25) is 0 Å². The minimum absolute atomic E-state index is 0.103. The van der Waals surface area contributed by atoms with Crippen LogP contribution in [0.5, 0.6) is 23.0 Å². The molecule has 4 rings (SSSR count). The van der Waals surface area contributed by atoms with Crippen LogP contribution in [0.25, 0.3) is 6.08 Å². The summed E-state index contributed by atoms with van der Waals surface area (Å²) >= 11 is 0. The maximum atomic E-state index is 13.0. The molecular weight excluding hydrogens is 628 g/mol. The molecular formula is C31H38O16. The predicted molar refractivity (Wildman–Crippen MR) is 157 cm³/mol. The van der Waals surface area contributed by atoms with Crippen LogP contribution in [0.4, 0.5) is 0 Å². The van der Waals surface area contributed by atoms with E-state index in [0.717, 1.165) is 13.0 Å². The van der Waals surface area contributed by atoms with Crippen LogP contribution in [0.15, 0.2) is 42.5 Å². The van der Waals surface area contributed by atoms with Gasteiger partial charge in [-0.05, 0) is 54.8 Å². The summed E-state index contributed by atoms with van der Waals surface area (Å²) in [6.07, 6.45) is -12.7. The van der Waals surface area contributed by atoms with E-state index in [1.165, 1.54) is 49.4 Å². The highest BCUT2D eigenvalue weighted by Gasteiger charge is 2.54. The van der Waals surface area contributed by atoms with Crippen molar-refractivity contribution in [3.63, 3.8) is 0 Å². The normalized spacial score (nSPS) is 31.0. The van der Waals surface area contributed by atoms with Crippen molar-refractivity contribution in [3.8, 4) is 23.0 Å². The largest absolute Gasteiger partial charge is 0.504 e. The Bertz CT molecular complexity index is 1410. The van der Waals surface area contributed by atoms with Crippen molar-refractivity contribution >= 4 is 18.0 Å². The second-order valence-corrected chi connectivity index (χ2v) is 11.0. The van der Waals surface area contributed by atoms with E-state index in [1.54, 1.807) is 0 Å². The molecule has 0 spiro atoms. The van der Waals surface area contributed by atoms with Gasteiger partial charge in [-0.25, -0.2) is 4.79 Å². The van der Waals surface area contributed by atoms with Gasteiger partial charge in [0.25, 0.3) is 0 Å². The number of hydrogen-bond donors (Lipinski definition) is 8. The van der Waals surface area contributed by atoms with Crippen molar-refractivity contribution in [2.45, 2.75) is 81.7 Å². The quantitative estimate of drug-likeness (QED) is 0.0859. The monoisotopic (exact) mass is 666 g/mol. The Morgan fingerprint density at radius 3 is 2.13 bits per heavy atom. The summed E-state index contributed by atoms with van der Waals surface area (Å²) in [5, 5.41) is 80.1. The molecule has 16 heteroatoms. The Balaban J connectivity index is 1.61. The second kappa shape index (κ2) is 15.7. The number of benzene rings is 2. The number of rotatable bonds is 11. The number of phenolic OH excluding ortho intramolecular Hbond substituents is 4. The molecule has 0 amide bonds. The number of aliphatic hydroxyl groups is 4. The first-order chi connectivity index (χ1) is 22.3. The topological polar surface area (TPSA) is 251 Å². The molecule has 258 valence electrons. The molecule has 0 bridgehead atoms. The smallest absolute Gasteiger partial charge is 0.331 e. The molecule has 2 heterocycles. The highest BCUT2D eigenvalue weighted by Crippen LogP contribution is 2.33. The van der Waals surface area contributed by atoms with Crippen molar-refractivity contribution in [1.29, 1.82) is 0 Å². The number of aliphatic hydroxyl groups excluding tert-OH is 4. The number of carbonyl (C=O) groups excluding carboxylic acids is 2. The van der Waals surface area contributed by atoms with Gasteiger partial charge < -0.3 is 69.3 Å². The first kappa shape index (κ1) is 35.8. The van der Waals surface area contributed by atoms with Gasteiger partial charge >= 0.3 is 11.9 Å². The molecule has 0 aliphatic carbocycles. The minimum Gasteiger partial charge on any atom is -0.504 e. The maximum absolute atomic E-state index is 13.0. The first-order valence-electron chi connectivity index (χ1n) is 14.6. The van der Waals surface area contributed by atoms with E-state index in [1.807, 2.05) is 0 Å². The average molecular weight is 667 g/mol. The van der Waals surface area contributed by atoms with E-state index in [-0.39, 0.29) is 30.3 Å². The lowest BCUT2D eigenvalue weighted by Gasteiger charge is -2.47. The highest BCUT2D eigenvalue weighted by atomic mass is 16.8. The SMILES string of the molecule is CC(=O)O[C@@H]1C(O[C@@H]2O[C@H](C)[C@H](O)[C@@H](O)[C@H]2O)[C@H](OC(=O)/C=C/c2ccc(O)c(O)c2)[C@@H](CO)O[C@H]1OCCc1ccc(O)c(O)c1. The zero-order valence-corrected chi connectivity index (χ0v) is 25.4. The molecule has 2 fully saturated rings. The lowest BCUT2D eigenvalue weighted by Crippen LogP contribution is -2.65. The molecule has 2 aromatic rings. The fourth-order valence-corrected chi connectivity index (χ4v) is 5.05. The Kier molecular flexibility index (Phi) is 12.0. The van der Waals surface area contributed by atoms with Crippen LogP contribution in [0, 0.1) is 0 Å². The van der Waals surface area contributed by atoms with Crippen LogP contribution < -0.4 is 0 Å². The van der Waals surface area contributed by atoms with E-state index < -0.39 is 85.7 Å². The second-order valence-electron chi connectivity index (χ2n) is 11.0. The third-order valence-corrected chi connectivity index (χ3v) is 7.55. The third kappa shape index (κ3) is 8.88. The number of carbonyl (C=O) groups is 2. The van der Waals surface area contributed by atoms with Gasteiger partial charge in [-0.1, -0.05) is 12.1 Å². The van der Waals surface area contributed by atoms with Gasteiger partial charge in [0.15, 0.2) is 47.8 Å². The van der Waals surface area contributed by atoms with Gasteiger partial charge in [-0.3, -0.25) is 4.79 Å². The van der Waals surface area contributed by atoms with Gasteiger partial charge in [0, 0.05) is 13.0 Å². The van der Waals surface area contributed by atoms with E-state index in [9.17, 15) is 50.4 Å². The Labute approximate surface area is 268 Å². The minimum atomic E-state index is -1.81. The first-order valence-corrected chi connectivity index (χ1v) is 14.6. The molecule has 0 radical (unpaired) electrons. The van der Waals surface area contributed by atoms with Crippen molar-refractivity contribution in [3.05, 3.63) is 53.6 Å². The van der Waals surface area contributed by atoms with Crippen LogP contribution >= 0.6 is 0 Å². The van der Waals surface area contributed by atoms with Crippen molar-refractivity contribution < 1.29 is 78.9 Å². The van der Waals surface area contributed by atoms with Crippen molar-refractivity contribution in [2.24, 2.45) is 0 Å². The number of ether oxygens (including phenoxy) is 6. The van der Waals surface area contributed by atoms with Gasteiger partial charge in [-0.15, -0.1) is 0 Å². The standard InChI is InChI=1S/C31H38O16/c1-14-24(39)25(40)26(41)30(43-14)47-28-27(46-23(38)8-5-16-3-6-18(34)20(36)11-16)22(13-32)45-31(29(28)44-15(2)33)42-10-9-17-4-7-19(35)21(37)12-17/h3-8,11-12,14,22,24-32,34-37,39-41H,9-10,13H2,1-2H3/b8-5+/t14-,22-,24+,25-,26-,27-,28?,29-,30+,31-/m1/s1. The molecule has 2 saturated heterocycles. The molecule has 0 saturated carbocycles. The summed E-state index contributed by atoms with van der Waals surface area (Å²) in [6.45, 7) is 1.62. The van der Waals surface area contributed by atoms with Gasteiger partial charge in [0.05, 0.1) is 19.3 Å². The van der Waals surface area contributed by atoms with Crippen LogP contribution in [0.3, 0.4) is 0 Å². The molecule has 16 nitrogen and oxygen atoms in total. The Hall–Kier alpha value is -4.00. The van der Waals surface area contributed by atoms with Gasteiger partial charge in [0.1, 0.15) is 30.5 Å². The van der Waals surface area contributed by atoms with Crippen molar-refractivity contribution in [1.82, 2.24) is 0 Å². The highest BCUT2D eigenvalue weighted by molar-refractivity contribution is 5.87. The summed E-state index contributed by atoms with van der Waals surface area (Å²) in [6, 6.07) is 7.94. The van der Waals surface area contributed by atoms with E-state index in [2.05, 4.69) is 0 Å². The van der Waals surface area contributed by atoms with Gasteiger partial charge in [-0.2, -0.15) is 0 Å². The summed E-state index contributed by atoms with van der Waals surface area (Å²) < 4.78 is 34.4. The van der Waals surface area contributed by atoms with Gasteiger partial charge in [0.2, 0.25) is 0 Å². The van der Waals surface area contributed by atoms with E-state index in [4.69, 9.17) is 28.4 Å². The van der Waals surface area contributed by atoms with Crippen LogP contribution in [-0.2, 0) is 44.4 Å². The van der Waals surface area contributed by atoms with Crippen molar-refractivity contribution in [2.75, 3.05) is 13.2 Å². The summed E-state index contributed by atoms with van der Waals surface area (Å²) in [5.74, 6) is -3.31. The molecule has 47 heavy (non-hydrogen) atoms. The average Bonchev–Trinajstić information content (AvgIpc) is 3.03. The molecule has 0 aromatic heterocycles. The molecule has 2 aromatic carbocycles. The predicted octanol–water partition coefficient (Wildman–Crippen LogP) is -0.445. The number of hydrogen-bond acceptors (Lipinski definition) is 16. The fourth-order valence-electron chi connectivity index (χ4n) is 5.05. The van der Waals surface area contributed by atoms with Crippen LogP contribution in [-0.4, -0.2) is 127 Å². The molecule has 8 N–H and O–H groups in total. The number of phenols is 4. The molecule has 2 aliphatic heterocycles. The summed E-state index contributed by atoms with van der Waals surface area (Å²) in [4.78, 5) is 25.3. The van der Waals surface area contributed by atoms with E-state index in [0.29, 0.717) is 11.1 Å². The Morgan fingerprint density at radius 2 is 1.49 bits per heavy atom. The molecule has 1 unspecified atom stereocenters. The summed E-state index contributed by atoms with van der Waals surface area (Å²) in [7, 11) is 0. The molecule has 10 atom stereocenters. The lowest BCUT2D eigenvalue weighted by molar-refractivity contribution is -0.358. The maximum Gasteiger partial charge on any atom is 0.331 e. The third-order valence-electron chi connectivity index (χ3n) is 7.55. The zero-order valence-electron chi connectivity index (χ0n) is 25.4. The zero-order chi connectivity index (χ0) is 34.4. The van der Waals surface area contributed by atoms with Crippen LogP contribution in [0.1, 0.15) is 25.0 Å². The fraction of sp³-hybridized carbons (Fsp3) is 0.484. The lowest BCUT2D eigenvalue weighted by atomic mass is 9.96. The summed E-state index contributed by atoms with van der Waals surface area (Å²) in [5.41, 5.74) is 0.879. The Morgan fingerprint density at radius 1 is 0.809 bits per heavy atom. The number of esters is 2.